The molecule has 9 nitrogen and oxygen atoms in total. The zero-order valence-corrected chi connectivity index (χ0v) is 31.3. The summed E-state index contributed by atoms with van der Waals surface area (Å²) in [6, 6.07) is 56.6. The fourth-order valence-corrected chi connectivity index (χ4v) is 6.10. The first-order valence-corrected chi connectivity index (χ1v) is 18.9. The van der Waals surface area contributed by atoms with Gasteiger partial charge in [0.1, 0.15) is 49.3 Å². The Hall–Kier alpha value is -7.10. The summed E-state index contributed by atoms with van der Waals surface area (Å²) < 4.78 is 28.8. The van der Waals surface area contributed by atoms with Crippen molar-refractivity contribution in [2.24, 2.45) is 0 Å². The number of benzene rings is 6. The van der Waals surface area contributed by atoms with Crippen LogP contribution >= 0.6 is 0 Å². The summed E-state index contributed by atoms with van der Waals surface area (Å²) in [5.41, 5.74) is 10.0. The SMILES string of the molecule is c1ccc(COc2ccc(CNc3ccc(-c4cc(COCc5cc(-c6ccc(NCc7ccc(OCc8ccccc8)cc7)cc6)no5)on4)cc3)cc2)cc1. The van der Waals surface area contributed by atoms with E-state index in [1.807, 2.05) is 121 Å². The third-order valence-electron chi connectivity index (χ3n) is 9.30. The van der Waals surface area contributed by atoms with E-state index in [-0.39, 0.29) is 13.2 Å². The van der Waals surface area contributed by atoms with Gasteiger partial charge in [0.15, 0.2) is 11.5 Å². The molecule has 0 spiro atoms. The van der Waals surface area contributed by atoms with Gasteiger partial charge in [-0.1, -0.05) is 120 Å². The van der Waals surface area contributed by atoms with Crippen molar-refractivity contribution in [3.8, 4) is 34.0 Å². The predicted octanol–water partition coefficient (Wildman–Crippen LogP) is 11.1. The van der Waals surface area contributed by atoms with Crippen molar-refractivity contribution < 1.29 is 23.3 Å². The summed E-state index contributed by atoms with van der Waals surface area (Å²) in [7, 11) is 0. The Morgan fingerprint density at radius 2 is 0.807 bits per heavy atom. The van der Waals surface area contributed by atoms with Crippen molar-refractivity contribution in [1.29, 1.82) is 0 Å². The molecule has 0 atom stereocenters. The van der Waals surface area contributed by atoms with E-state index in [0.29, 0.717) is 37.8 Å². The molecule has 8 rings (SSSR count). The van der Waals surface area contributed by atoms with Crippen molar-refractivity contribution >= 4 is 11.4 Å². The quantitative estimate of drug-likeness (QED) is 0.0886. The minimum Gasteiger partial charge on any atom is -0.489 e. The molecule has 0 bridgehead atoms. The minimum atomic E-state index is 0.253. The van der Waals surface area contributed by atoms with Gasteiger partial charge in [-0.15, -0.1) is 0 Å². The number of ether oxygens (including phenoxy) is 3. The molecule has 6 aromatic carbocycles. The Morgan fingerprint density at radius 3 is 1.21 bits per heavy atom. The van der Waals surface area contributed by atoms with Crippen molar-refractivity contribution in [2.75, 3.05) is 10.6 Å². The van der Waals surface area contributed by atoms with E-state index in [2.05, 4.69) is 69.5 Å². The van der Waals surface area contributed by atoms with Crippen molar-refractivity contribution in [3.63, 3.8) is 0 Å². The van der Waals surface area contributed by atoms with Crippen LogP contribution < -0.4 is 20.1 Å². The molecule has 2 heterocycles. The lowest BCUT2D eigenvalue weighted by Crippen LogP contribution is -2.00. The molecule has 2 N–H and O–H groups in total. The highest BCUT2D eigenvalue weighted by atomic mass is 16.5. The lowest BCUT2D eigenvalue weighted by Gasteiger charge is -2.09. The van der Waals surface area contributed by atoms with Crippen LogP contribution in [0.2, 0.25) is 0 Å². The maximum atomic E-state index is 5.90. The van der Waals surface area contributed by atoms with E-state index in [9.17, 15) is 0 Å². The fraction of sp³-hybridized carbons (Fsp3) is 0.125. The first-order valence-electron chi connectivity index (χ1n) is 18.9. The minimum absolute atomic E-state index is 0.253. The van der Waals surface area contributed by atoms with E-state index >= 15 is 0 Å². The molecular formula is C48H42N4O5. The van der Waals surface area contributed by atoms with Crippen molar-refractivity contribution in [1.82, 2.24) is 10.3 Å². The second kappa shape index (κ2) is 18.5. The number of nitrogens with one attached hydrogen (secondary N) is 2. The molecule has 8 aromatic rings. The maximum Gasteiger partial charge on any atom is 0.163 e. The summed E-state index contributed by atoms with van der Waals surface area (Å²) in [5.74, 6) is 2.95. The first kappa shape index (κ1) is 36.9. The average Bonchev–Trinajstić information content (AvgIpc) is 3.96. The van der Waals surface area contributed by atoms with Gasteiger partial charge in [-0.25, -0.2) is 0 Å². The summed E-state index contributed by atoms with van der Waals surface area (Å²) in [5, 5.41) is 15.4. The Balaban J connectivity index is 0.743. The zero-order chi connectivity index (χ0) is 38.5. The third kappa shape index (κ3) is 10.6. The Bertz CT molecular complexity index is 2240. The molecule has 2 aromatic heterocycles. The lowest BCUT2D eigenvalue weighted by molar-refractivity contribution is 0.0727. The molecule has 0 amide bonds. The van der Waals surface area contributed by atoms with Gasteiger partial charge in [0, 0.05) is 47.7 Å². The van der Waals surface area contributed by atoms with Gasteiger partial charge in [-0.3, -0.25) is 0 Å². The monoisotopic (exact) mass is 754 g/mol. The molecule has 0 fully saturated rings. The number of nitrogens with zero attached hydrogens (tertiary/aromatic N) is 2. The highest BCUT2D eigenvalue weighted by molar-refractivity contribution is 5.63. The van der Waals surface area contributed by atoms with Crippen molar-refractivity contribution in [3.05, 3.63) is 204 Å². The Labute approximate surface area is 331 Å². The van der Waals surface area contributed by atoms with Crippen LogP contribution in [-0.4, -0.2) is 10.3 Å². The number of aromatic nitrogens is 2. The van der Waals surface area contributed by atoms with Gasteiger partial charge in [-0.2, -0.15) is 0 Å². The second-order valence-electron chi connectivity index (χ2n) is 13.5. The van der Waals surface area contributed by atoms with Crippen LogP contribution in [0.25, 0.3) is 22.5 Å². The molecule has 9 heteroatoms. The van der Waals surface area contributed by atoms with Crippen molar-refractivity contribution in [2.45, 2.75) is 39.5 Å². The number of hydrogen-bond donors (Lipinski definition) is 2. The molecule has 0 aliphatic heterocycles. The van der Waals surface area contributed by atoms with Gasteiger partial charge in [-0.05, 0) is 70.8 Å². The lowest BCUT2D eigenvalue weighted by atomic mass is 10.1. The topological polar surface area (TPSA) is 104 Å². The molecule has 0 saturated carbocycles. The van der Waals surface area contributed by atoms with E-state index in [1.165, 1.54) is 0 Å². The van der Waals surface area contributed by atoms with Gasteiger partial charge >= 0.3 is 0 Å². The summed E-state index contributed by atoms with van der Waals surface area (Å²) in [6.07, 6.45) is 0. The van der Waals surface area contributed by atoms with Crippen LogP contribution in [0.3, 0.4) is 0 Å². The summed E-state index contributed by atoms with van der Waals surface area (Å²) in [4.78, 5) is 0. The Morgan fingerprint density at radius 1 is 0.404 bits per heavy atom. The van der Waals surface area contributed by atoms with Crippen LogP contribution in [0.5, 0.6) is 11.5 Å². The van der Waals surface area contributed by atoms with Crippen LogP contribution in [0, 0.1) is 0 Å². The largest absolute Gasteiger partial charge is 0.489 e. The fourth-order valence-electron chi connectivity index (χ4n) is 6.10. The Kier molecular flexibility index (Phi) is 12.0. The molecular weight excluding hydrogens is 713 g/mol. The molecule has 0 radical (unpaired) electrons. The summed E-state index contributed by atoms with van der Waals surface area (Å²) >= 11 is 0. The highest BCUT2D eigenvalue weighted by Gasteiger charge is 2.11. The van der Waals surface area contributed by atoms with Crippen LogP contribution in [-0.2, 0) is 44.3 Å². The van der Waals surface area contributed by atoms with Gasteiger partial charge in [0.05, 0.1) is 0 Å². The van der Waals surface area contributed by atoms with E-state index in [0.717, 1.165) is 67.6 Å². The van der Waals surface area contributed by atoms with Gasteiger partial charge in [0.2, 0.25) is 0 Å². The predicted molar refractivity (Wildman–Crippen MR) is 221 cm³/mol. The first-order chi connectivity index (χ1) is 28.2. The van der Waals surface area contributed by atoms with E-state index in [4.69, 9.17) is 23.3 Å². The highest BCUT2D eigenvalue weighted by Crippen LogP contribution is 2.25. The third-order valence-corrected chi connectivity index (χ3v) is 9.30. The smallest absolute Gasteiger partial charge is 0.163 e. The van der Waals surface area contributed by atoms with Gasteiger partial charge < -0.3 is 33.9 Å². The zero-order valence-electron chi connectivity index (χ0n) is 31.3. The molecule has 0 unspecified atom stereocenters. The van der Waals surface area contributed by atoms with Crippen LogP contribution in [0.4, 0.5) is 11.4 Å². The molecule has 0 saturated heterocycles. The molecule has 284 valence electrons. The van der Waals surface area contributed by atoms with Crippen LogP contribution in [0.15, 0.2) is 179 Å². The summed E-state index contributed by atoms with van der Waals surface area (Å²) in [6.45, 7) is 3.00. The second-order valence-corrected chi connectivity index (χ2v) is 13.5. The molecule has 57 heavy (non-hydrogen) atoms. The standard InChI is InChI=1S/C48H42N4O5/c1-3-7-37(8-4-1)31-54-43-23-11-35(12-24-43)29-49-41-19-15-39(16-20-41)47-27-45(56-51-47)33-53-34-46-28-48(52-57-46)40-17-21-42(22-18-40)50-30-36-13-25-44(26-14-36)55-32-38-9-5-2-6-10-38/h1-28,49-50H,29-34H2. The molecule has 0 aliphatic rings. The number of anilines is 2. The van der Waals surface area contributed by atoms with Crippen LogP contribution in [0.1, 0.15) is 33.8 Å². The van der Waals surface area contributed by atoms with E-state index in [1.54, 1.807) is 0 Å². The number of rotatable bonds is 18. The average molecular weight is 755 g/mol. The van der Waals surface area contributed by atoms with E-state index < -0.39 is 0 Å². The van der Waals surface area contributed by atoms with Gasteiger partial charge in [0.25, 0.3) is 0 Å². The number of hydrogen-bond acceptors (Lipinski definition) is 9. The maximum absolute atomic E-state index is 5.90. The normalized spacial score (nSPS) is 10.9. The molecule has 0 aliphatic carbocycles.